The lowest BCUT2D eigenvalue weighted by molar-refractivity contribution is -0.110. The lowest BCUT2D eigenvalue weighted by Crippen LogP contribution is -2.42. The zero-order valence-corrected chi connectivity index (χ0v) is 20.1. The summed E-state index contributed by atoms with van der Waals surface area (Å²) in [5.41, 5.74) is 2.97. The molecule has 1 atom stereocenters. The Morgan fingerprint density at radius 2 is 2.03 bits per heavy atom. The summed E-state index contributed by atoms with van der Waals surface area (Å²) in [6, 6.07) is 4.39. The van der Waals surface area contributed by atoms with Crippen LogP contribution >= 0.6 is 15.9 Å². The maximum Gasteiger partial charge on any atom is 0.260 e. The Hall–Kier alpha value is -2.79. The van der Waals surface area contributed by atoms with Gasteiger partial charge in [0.15, 0.2) is 0 Å². The van der Waals surface area contributed by atoms with Crippen molar-refractivity contribution in [1.82, 2.24) is 14.5 Å². The third kappa shape index (κ3) is 4.22. The number of aliphatic hydroxyl groups excluding tert-OH is 1. The van der Waals surface area contributed by atoms with Gasteiger partial charge in [0.05, 0.1) is 48.0 Å². The Kier molecular flexibility index (Phi) is 6.15. The fourth-order valence-corrected chi connectivity index (χ4v) is 5.10. The third-order valence-corrected chi connectivity index (χ3v) is 6.94. The average Bonchev–Trinajstić information content (AvgIpc) is 3.28. The zero-order valence-electron chi connectivity index (χ0n) is 18.5. The van der Waals surface area contributed by atoms with Gasteiger partial charge in [0.1, 0.15) is 5.82 Å². The molecule has 4 heterocycles. The summed E-state index contributed by atoms with van der Waals surface area (Å²) in [6.07, 6.45) is 2.60. The van der Waals surface area contributed by atoms with E-state index in [-0.39, 0.29) is 18.0 Å². The average molecular weight is 531 g/mol. The summed E-state index contributed by atoms with van der Waals surface area (Å²) >= 11 is 3.29. The number of hydrogen-bond donors (Lipinski definition) is 3. The number of halogens is 2. The van der Waals surface area contributed by atoms with E-state index in [0.29, 0.717) is 63.2 Å². The Morgan fingerprint density at radius 3 is 2.79 bits per heavy atom. The molecule has 1 saturated heterocycles. The normalized spacial score (nSPS) is 18.5. The number of H-pyrrole nitrogens is 1. The van der Waals surface area contributed by atoms with Gasteiger partial charge >= 0.3 is 0 Å². The maximum atomic E-state index is 14.0. The molecule has 5 rings (SSSR count). The van der Waals surface area contributed by atoms with E-state index in [4.69, 9.17) is 4.74 Å². The number of aliphatic hydroxyl groups is 1. The van der Waals surface area contributed by atoms with Gasteiger partial charge in [0.25, 0.3) is 11.5 Å². The number of benzene rings is 1. The van der Waals surface area contributed by atoms with Crippen molar-refractivity contribution in [2.24, 2.45) is 0 Å². The van der Waals surface area contributed by atoms with Crippen LogP contribution in [0.2, 0.25) is 0 Å². The van der Waals surface area contributed by atoms with E-state index in [1.54, 1.807) is 25.3 Å². The second kappa shape index (κ2) is 9.10. The zero-order chi connectivity index (χ0) is 24.0. The molecule has 0 radical (unpaired) electrons. The van der Waals surface area contributed by atoms with Crippen LogP contribution in [0.4, 0.5) is 10.1 Å². The summed E-state index contributed by atoms with van der Waals surface area (Å²) in [5, 5.41) is 13.8. The van der Waals surface area contributed by atoms with E-state index in [0.717, 1.165) is 13.1 Å². The molecule has 1 fully saturated rings. The molecule has 1 amide bonds. The van der Waals surface area contributed by atoms with E-state index in [1.807, 2.05) is 0 Å². The lowest BCUT2D eigenvalue weighted by atomic mass is 10.0. The number of β-amino-alcohol motifs (C(OH)–C–C–N with tert-alkyl or cyclic N) is 1. The lowest BCUT2D eigenvalue weighted by Gasteiger charge is -2.28. The molecule has 0 saturated carbocycles. The minimum atomic E-state index is -0.693. The van der Waals surface area contributed by atoms with E-state index in [2.05, 4.69) is 31.1 Å². The van der Waals surface area contributed by atoms with Crippen LogP contribution in [-0.4, -0.2) is 64.4 Å². The molecule has 0 unspecified atom stereocenters. The largest absolute Gasteiger partial charge is 0.390 e. The van der Waals surface area contributed by atoms with Crippen LogP contribution in [0.3, 0.4) is 0 Å². The van der Waals surface area contributed by atoms with Gasteiger partial charge in [-0.25, -0.2) is 4.39 Å². The van der Waals surface area contributed by atoms with Gasteiger partial charge < -0.3 is 24.7 Å². The predicted molar refractivity (Wildman–Crippen MR) is 131 cm³/mol. The number of nitrogens with zero attached hydrogens (tertiary/aromatic N) is 2. The molecule has 1 aromatic carbocycles. The van der Waals surface area contributed by atoms with E-state index >= 15 is 0 Å². The topological polar surface area (TPSA) is 99.6 Å². The van der Waals surface area contributed by atoms with E-state index in [9.17, 15) is 19.1 Å². The van der Waals surface area contributed by atoms with Crippen molar-refractivity contribution in [2.75, 3.05) is 38.2 Å². The van der Waals surface area contributed by atoms with Crippen molar-refractivity contribution >= 4 is 50.1 Å². The van der Waals surface area contributed by atoms with Gasteiger partial charge in [-0.3, -0.25) is 14.5 Å². The number of aryl methyl sites for hydroxylation is 1. The van der Waals surface area contributed by atoms with Crippen LogP contribution in [0.1, 0.15) is 16.8 Å². The number of amides is 1. The highest BCUT2D eigenvalue weighted by Crippen LogP contribution is 2.39. The number of nitrogens with one attached hydrogen (secondary N) is 2. The molecule has 3 N–H and O–H groups in total. The summed E-state index contributed by atoms with van der Waals surface area (Å²) in [6.45, 7) is 5.26. The maximum absolute atomic E-state index is 14.0. The quantitative estimate of drug-likeness (QED) is 0.440. The second-order valence-corrected chi connectivity index (χ2v) is 9.47. The van der Waals surface area contributed by atoms with Crippen LogP contribution < -0.4 is 10.9 Å². The number of pyridine rings is 1. The highest BCUT2D eigenvalue weighted by molar-refractivity contribution is 9.10. The van der Waals surface area contributed by atoms with Gasteiger partial charge in [0, 0.05) is 41.6 Å². The molecule has 3 aromatic rings. The number of fused-ring (bicyclic) bond motifs is 2. The monoisotopic (exact) mass is 530 g/mol. The minimum absolute atomic E-state index is 0.177. The Bertz CT molecular complexity index is 1370. The molecule has 0 bridgehead atoms. The molecule has 178 valence electrons. The Balaban J connectivity index is 1.46. The first-order valence-corrected chi connectivity index (χ1v) is 11.8. The van der Waals surface area contributed by atoms with Crippen LogP contribution in [-0.2, 0) is 16.1 Å². The highest BCUT2D eigenvalue weighted by Gasteiger charge is 2.27. The van der Waals surface area contributed by atoms with Gasteiger partial charge in [-0.1, -0.05) is 0 Å². The van der Waals surface area contributed by atoms with E-state index < -0.39 is 11.9 Å². The minimum Gasteiger partial charge on any atom is -0.390 e. The number of aromatic nitrogens is 2. The Labute approximate surface area is 203 Å². The predicted octanol–water partition coefficient (Wildman–Crippen LogP) is 2.73. The van der Waals surface area contributed by atoms with Gasteiger partial charge in [-0.2, -0.15) is 0 Å². The first-order chi connectivity index (χ1) is 16.3. The summed E-state index contributed by atoms with van der Waals surface area (Å²) < 4.78 is 21.3. The number of aromatic amines is 1. The SMILES string of the molecule is Cc1c(/C=C2\C(=O)Nc3c(Br)cc(F)cc32)[nH]c2ccn(C[C@@H](O)CN3CCOCC3)c(=O)c12. The number of hydrogen-bond acceptors (Lipinski definition) is 5. The summed E-state index contributed by atoms with van der Waals surface area (Å²) in [4.78, 5) is 31.1. The molecule has 2 aliphatic heterocycles. The fraction of sp³-hybridized carbons (Fsp3) is 0.333. The van der Waals surface area contributed by atoms with Crippen LogP contribution in [0.15, 0.2) is 33.7 Å². The van der Waals surface area contributed by atoms with Crippen molar-refractivity contribution in [1.29, 1.82) is 0 Å². The number of carbonyl (C=O) groups is 1. The summed E-state index contributed by atoms with van der Waals surface area (Å²) in [7, 11) is 0. The highest BCUT2D eigenvalue weighted by atomic mass is 79.9. The van der Waals surface area contributed by atoms with E-state index in [1.165, 1.54) is 16.7 Å². The summed E-state index contributed by atoms with van der Waals surface area (Å²) in [5.74, 6) is -0.803. The molecular weight excluding hydrogens is 507 g/mol. The molecule has 34 heavy (non-hydrogen) atoms. The van der Waals surface area contributed by atoms with Crippen molar-refractivity contribution in [3.63, 3.8) is 0 Å². The van der Waals surface area contributed by atoms with Crippen molar-refractivity contribution < 1.29 is 19.0 Å². The van der Waals surface area contributed by atoms with Crippen LogP contribution in [0, 0.1) is 12.7 Å². The Morgan fingerprint density at radius 1 is 1.26 bits per heavy atom. The third-order valence-electron chi connectivity index (χ3n) is 6.31. The number of ether oxygens (including phenoxy) is 1. The first-order valence-electron chi connectivity index (χ1n) is 11.0. The van der Waals surface area contributed by atoms with Crippen molar-refractivity contribution in [3.05, 3.63) is 61.9 Å². The number of rotatable bonds is 5. The first kappa shape index (κ1) is 23.0. The number of morpholine rings is 1. The van der Waals surface area contributed by atoms with Crippen molar-refractivity contribution in [2.45, 2.75) is 19.6 Å². The number of anilines is 1. The van der Waals surface area contributed by atoms with Crippen molar-refractivity contribution in [3.8, 4) is 0 Å². The number of carbonyl (C=O) groups excluding carboxylic acids is 1. The van der Waals surface area contributed by atoms with Gasteiger partial charge in [-0.05, 0) is 52.7 Å². The molecular formula is C24H24BrFN4O4. The standard InChI is InChI=1S/C24H24BrFN4O4/c1-13-20(10-17-16-8-14(26)9-18(25)22(16)28-23(17)32)27-19-2-3-30(24(33)21(13)19)12-15(31)11-29-4-6-34-7-5-29/h2-3,8-10,15,27,31H,4-7,11-12H2,1H3,(H,28,32)/b17-10-/t15-/m0/s1. The molecule has 2 aliphatic rings. The van der Waals surface area contributed by atoms with Crippen LogP contribution in [0.25, 0.3) is 22.6 Å². The fourth-order valence-electron chi connectivity index (χ4n) is 4.57. The molecule has 0 aliphatic carbocycles. The smallest absolute Gasteiger partial charge is 0.260 e. The van der Waals surface area contributed by atoms with Gasteiger partial charge in [-0.15, -0.1) is 0 Å². The molecule has 10 heteroatoms. The molecule has 0 spiro atoms. The molecule has 2 aromatic heterocycles. The second-order valence-electron chi connectivity index (χ2n) is 8.61. The van der Waals surface area contributed by atoms with Gasteiger partial charge in [0.2, 0.25) is 0 Å². The van der Waals surface area contributed by atoms with Crippen LogP contribution in [0.5, 0.6) is 0 Å². The molecule has 8 nitrogen and oxygen atoms in total.